The SMILES string of the molecule is O=C(NC1CCN(Cc2ccccc2)CC1)c1sc2cc(F)ccc2c1Cl. The normalized spacial score (nSPS) is 15.9. The zero-order valence-corrected chi connectivity index (χ0v) is 16.3. The molecule has 2 aromatic carbocycles. The lowest BCUT2D eigenvalue weighted by molar-refractivity contribution is 0.0913. The summed E-state index contributed by atoms with van der Waals surface area (Å²) in [6, 6.07) is 15.0. The minimum Gasteiger partial charge on any atom is -0.348 e. The summed E-state index contributed by atoms with van der Waals surface area (Å²) in [5, 5.41) is 4.24. The van der Waals surface area contributed by atoms with Crippen LogP contribution in [0, 0.1) is 5.82 Å². The quantitative estimate of drug-likeness (QED) is 0.659. The van der Waals surface area contributed by atoms with E-state index in [2.05, 4.69) is 34.5 Å². The Hall–Kier alpha value is -1.95. The van der Waals surface area contributed by atoms with Crippen molar-refractivity contribution in [2.75, 3.05) is 13.1 Å². The second-order valence-corrected chi connectivity index (χ2v) is 8.33. The highest BCUT2D eigenvalue weighted by Gasteiger charge is 2.24. The van der Waals surface area contributed by atoms with Gasteiger partial charge < -0.3 is 5.32 Å². The molecule has 0 atom stereocenters. The van der Waals surface area contributed by atoms with Gasteiger partial charge in [0.15, 0.2) is 0 Å². The molecule has 1 fully saturated rings. The predicted molar refractivity (Wildman–Crippen MR) is 109 cm³/mol. The predicted octanol–water partition coefficient (Wildman–Crippen LogP) is 5.09. The van der Waals surface area contributed by atoms with E-state index in [0.717, 1.165) is 37.9 Å². The number of carbonyl (C=O) groups excluding carboxylic acids is 1. The molecule has 1 N–H and O–H groups in total. The summed E-state index contributed by atoms with van der Waals surface area (Å²) in [6.45, 7) is 2.84. The molecule has 1 saturated heterocycles. The van der Waals surface area contributed by atoms with Crippen LogP contribution in [0.1, 0.15) is 28.1 Å². The Balaban J connectivity index is 1.36. The van der Waals surface area contributed by atoms with Crippen molar-refractivity contribution < 1.29 is 9.18 Å². The lowest BCUT2D eigenvalue weighted by atomic mass is 10.0. The molecule has 4 rings (SSSR count). The van der Waals surface area contributed by atoms with Gasteiger partial charge in [0.25, 0.3) is 5.91 Å². The van der Waals surface area contributed by atoms with Crippen molar-refractivity contribution in [3.05, 3.63) is 69.8 Å². The molecule has 0 bridgehead atoms. The number of nitrogens with one attached hydrogen (secondary N) is 1. The Morgan fingerprint density at radius 1 is 1.19 bits per heavy atom. The first kappa shape index (κ1) is 18.4. The summed E-state index contributed by atoms with van der Waals surface area (Å²) in [7, 11) is 0. The number of carbonyl (C=O) groups is 1. The standard InChI is InChI=1S/C21H20ClFN2OS/c22-19-17-7-6-15(23)12-18(17)27-20(19)21(26)24-16-8-10-25(11-9-16)13-14-4-2-1-3-5-14/h1-7,12,16H,8-11,13H2,(H,24,26). The minimum atomic E-state index is -0.321. The highest BCUT2D eigenvalue weighted by atomic mass is 35.5. The molecule has 27 heavy (non-hydrogen) atoms. The highest BCUT2D eigenvalue weighted by molar-refractivity contribution is 7.21. The van der Waals surface area contributed by atoms with E-state index >= 15 is 0 Å². The second-order valence-electron chi connectivity index (χ2n) is 6.90. The summed E-state index contributed by atoms with van der Waals surface area (Å²) in [5.74, 6) is -0.485. The van der Waals surface area contributed by atoms with Crippen LogP contribution in [0.4, 0.5) is 4.39 Å². The van der Waals surface area contributed by atoms with E-state index in [-0.39, 0.29) is 17.8 Å². The molecule has 2 heterocycles. The summed E-state index contributed by atoms with van der Waals surface area (Å²) < 4.78 is 14.1. The molecule has 1 aliphatic rings. The van der Waals surface area contributed by atoms with Gasteiger partial charge in [0.1, 0.15) is 10.7 Å². The first-order valence-corrected chi connectivity index (χ1v) is 10.2. The smallest absolute Gasteiger partial charge is 0.263 e. The monoisotopic (exact) mass is 402 g/mol. The first-order valence-electron chi connectivity index (χ1n) is 9.05. The fraction of sp³-hybridized carbons (Fsp3) is 0.286. The van der Waals surface area contributed by atoms with Crippen LogP contribution in [-0.2, 0) is 6.54 Å². The number of halogens is 2. The number of hydrogen-bond donors (Lipinski definition) is 1. The maximum absolute atomic E-state index is 13.4. The molecule has 0 saturated carbocycles. The van der Waals surface area contributed by atoms with Crippen LogP contribution >= 0.6 is 22.9 Å². The van der Waals surface area contributed by atoms with E-state index in [1.165, 1.54) is 29.0 Å². The Morgan fingerprint density at radius 3 is 2.67 bits per heavy atom. The minimum absolute atomic E-state index is 0.141. The summed E-state index contributed by atoms with van der Waals surface area (Å²) in [6.07, 6.45) is 1.82. The molecule has 1 aliphatic heterocycles. The molecule has 1 amide bonds. The van der Waals surface area contributed by atoms with Crippen molar-refractivity contribution in [3.8, 4) is 0 Å². The topological polar surface area (TPSA) is 32.3 Å². The van der Waals surface area contributed by atoms with Gasteiger partial charge >= 0.3 is 0 Å². The molecule has 0 radical (unpaired) electrons. The van der Waals surface area contributed by atoms with Crippen LogP contribution in [0.5, 0.6) is 0 Å². The number of benzene rings is 2. The molecule has 0 spiro atoms. The Morgan fingerprint density at radius 2 is 1.93 bits per heavy atom. The van der Waals surface area contributed by atoms with E-state index < -0.39 is 0 Å². The van der Waals surface area contributed by atoms with Gasteiger partial charge in [0, 0.05) is 35.8 Å². The zero-order valence-electron chi connectivity index (χ0n) is 14.8. The van der Waals surface area contributed by atoms with E-state index in [1.54, 1.807) is 6.07 Å². The fourth-order valence-electron chi connectivity index (χ4n) is 3.51. The van der Waals surface area contributed by atoms with Gasteiger partial charge in [-0.1, -0.05) is 41.9 Å². The number of amides is 1. The molecule has 1 aromatic heterocycles. The maximum atomic E-state index is 13.4. The molecule has 0 unspecified atom stereocenters. The third kappa shape index (κ3) is 4.15. The fourth-order valence-corrected chi connectivity index (χ4v) is 4.96. The number of nitrogens with zero attached hydrogens (tertiary/aromatic N) is 1. The molecular weight excluding hydrogens is 383 g/mol. The summed E-state index contributed by atoms with van der Waals surface area (Å²) in [5.41, 5.74) is 1.31. The molecule has 140 valence electrons. The van der Waals surface area contributed by atoms with E-state index in [9.17, 15) is 9.18 Å². The van der Waals surface area contributed by atoms with Gasteiger partial charge in [-0.2, -0.15) is 0 Å². The van der Waals surface area contributed by atoms with Gasteiger partial charge in [-0.3, -0.25) is 9.69 Å². The lowest BCUT2D eigenvalue weighted by Crippen LogP contribution is -2.44. The Bertz CT molecular complexity index is 951. The van der Waals surface area contributed by atoms with Gasteiger partial charge in [0.05, 0.1) is 5.02 Å². The van der Waals surface area contributed by atoms with E-state index in [4.69, 9.17) is 11.6 Å². The number of likely N-dealkylation sites (tertiary alicyclic amines) is 1. The van der Waals surface area contributed by atoms with Crippen molar-refractivity contribution in [3.63, 3.8) is 0 Å². The molecule has 3 aromatic rings. The molecule has 6 heteroatoms. The van der Waals surface area contributed by atoms with Gasteiger partial charge in [-0.05, 0) is 36.6 Å². The van der Waals surface area contributed by atoms with Crippen LogP contribution in [0.3, 0.4) is 0 Å². The van der Waals surface area contributed by atoms with Crippen LogP contribution in [0.25, 0.3) is 10.1 Å². The van der Waals surface area contributed by atoms with E-state index in [0.29, 0.717) is 14.6 Å². The average Bonchev–Trinajstić information content (AvgIpc) is 3.00. The summed E-state index contributed by atoms with van der Waals surface area (Å²) in [4.78, 5) is 15.5. The Kier molecular flexibility index (Phi) is 5.43. The third-order valence-electron chi connectivity index (χ3n) is 4.97. The zero-order chi connectivity index (χ0) is 18.8. The first-order chi connectivity index (χ1) is 13.1. The van der Waals surface area contributed by atoms with Crippen molar-refractivity contribution in [1.82, 2.24) is 10.2 Å². The van der Waals surface area contributed by atoms with Crippen molar-refractivity contribution in [2.45, 2.75) is 25.4 Å². The average molecular weight is 403 g/mol. The molecule has 3 nitrogen and oxygen atoms in total. The number of fused-ring (bicyclic) bond motifs is 1. The third-order valence-corrected chi connectivity index (χ3v) is 6.63. The van der Waals surface area contributed by atoms with Crippen molar-refractivity contribution >= 4 is 38.9 Å². The largest absolute Gasteiger partial charge is 0.348 e. The van der Waals surface area contributed by atoms with Crippen molar-refractivity contribution in [1.29, 1.82) is 0 Å². The van der Waals surface area contributed by atoms with Crippen LogP contribution < -0.4 is 5.32 Å². The van der Waals surface area contributed by atoms with Crippen molar-refractivity contribution in [2.24, 2.45) is 0 Å². The Labute approximate surface area is 166 Å². The number of piperidine rings is 1. The lowest BCUT2D eigenvalue weighted by Gasteiger charge is -2.32. The molecule has 0 aliphatic carbocycles. The van der Waals surface area contributed by atoms with Crippen LogP contribution in [0.2, 0.25) is 5.02 Å². The summed E-state index contributed by atoms with van der Waals surface area (Å²) >= 11 is 7.60. The van der Waals surface area contributed by atoms with E-state index in [1.807, 2.05) is 6.07 Å². The highest BCUT2D eigenvalue weighted by Crippen LogP contribution is 2.35. The number of rotatable bonds is 4. The molecular formula is C21H20ClFN2OS. The van der Waals surface area contributed by atoms with Gasteiger partial charge in [-0.15, -0.1) is 11.3 Å². The van der Waals surface area contributed by atoms with Gasteiger partial charge in [-0.25, -0.2) is 4.39 Å². The van der Waals surface area contributed by atoms with Gasteiger partial charge in [0.2, 0.25) is 0 Å². The van der Waals surface area contributed by atoms with Crippen LogP contribution in [-0.4, -0.2) is 29.9 Å². The number of hydrogen-bond acceptors (Lipinski definition) is 3. The number of thiophene rings is 1. The van der Waals surface area contributed by atoms with Crippen LogP contribution in [0.15, 0.2) is 48.5 Å². The maximum Gasteiger partial charge on any atom is 0.263 e. The second kappa shape index (κ2) is 7.97.